The summed E-state index contributed by atoms with van der Waals surface area (Å²) in [5.74, 6) is -0.131. The van der Waals surface area contributed by atoms with Crippen LogP contribution in [0.15, 0.2) is 18.2 Å². The van der Waals surface area contributed by atoms with Crippen molar-refractivity contribution in [2.45, 2.75) is 12.5 Å². The number of benzene rings is 1. The van der Waals surface area contributed by atoms with Crippen molar-refractivity contribution in [1.29, 1.82) is 0 Å². The van der Waals surface area contributed by atoms with Gasteiger partial charge in [0.2, 0.25) is 0 Å². The molecule has 1 aliphatic rings. The van der Waals surface area contributed by atoms with Crippen LogP contribution in [-0.4, -0.2) is 34.6 Å². The molecular formula is C13H11Cl2NO2S. The lowest BCUT2D eigenvalue weighted by Gasteiger charge is -2.43. The third kappa shape index (κ3) is 2.23. The molecular weight excluding hydrogens is 305 g/mol. The molecule has 1 saturated heterocycles. The first kappa shape index (κ1) is 13.2. The van der Waals surface area contributed by atoms with E-state index in [2.05, 4.69) is 0 Å². The fraction of sp³-hybridized carbons (Fsp3) is 0.308. The van der Waals surface area contributed by atoms with Crippen molar-refractivity contribution in [2.24, 2.45) is 0 Å². The van der Waals surface area contributed by atoms with Gasteiger partial charge in [-0.3, -0.25) is 4.79 Å². The van der Waals surface area contributed by atoms with E-state index in [1.54, 1.807) is 24.0 Å². The number of likely N-dealkylation sites (tertiary alicyclic amines) is 1. The van der Waals surface area contributed by atoms with Gasteiger partial charge in [0.1, 0.15) is 4.88 Å². The minimum absolute atomic E-state index is 0.131. The van der Waals surface area contributed by atoms with E-state index in [9.17, 15) is 9.90 Å². The molecule has 0 spiro atoms. The number of hydrogen-bond acceptors (Lipinski definition) is 3. The number of aliphatic hydroxyl groups is 1. The van der Waals surface area contributed by atoms with Crippen LogP contribution in [-0.2, 0) is 0 Å². The van der Waals surface area contributed by atoms with Gasteiger partial charge in [0.05, 0.1) is 23.7 Å². The van der Waals surface area contributed by atoms with Gasteiger partial charge in [0.15, 0.2) is 0 Å². The van der Waals surface area contributed by atoms with Gasteiger partial charge in [-0.25, -0.2) is 0 Å². The molecule has 3 rings (SSSR count). The number of halogens is 2. The first-order valence-electron chi connectivity index (χ1n) is 5.77. The Bertz CT molecular complexity index is 673. The highest BCUT2D eigenvalue weighted by molar-refractivity contribution is 7.21. The smallest absolute Gasteiger partial charge is 0.265 e. The minimum atomic E-state index is -0.776. The molecule has 0 radical (unpaired) electrons. The second-order valence-corrected chi connectivity index (χ2v) is 6.91. The first-order valence-corrected chi connectivity index (χ1v) is 7.34. The number of amides is 1. The molecule has 2 aromatic rings. The summed E-state index contributed by atoms with van der Waals surface area (Å²) in [5.41, 5.74) is -0.776. The molecule has 1 aliphatic heterocycles. The zero-order valence-electron chi connectivity index (χ0n) is 10.1. The van der Waals surface area contributed by atoms with Gasteiger partial charge in [0.25, 0.3) is 5.91 Å². The second kappa shape index (κ2) is 4.35. The highest BCUT2D eigenvalue weighted by Gasteiger charge is 2.40. The lowest BCUT2D eigenvalue weighted by molar-refractivity contribution is -0.0666. The molecule has 1 aromatic heterocycles. The van der Waals surface area contributed by atoms with Crippen molar-refractivity contribution in [2.75, 3.05) is 13.1 Å². The van der Waals surface area contributed by atoms with E-state index in [0.29, 0.717) is 28.0 Å². The average Bonchev–Trinajstić information content (AvgIpc) is 2.62. The quantitative estimate of drug-likeness (QED) is 0.876. The second-order valence-electron chi connectivity index (χ2n) is 5.04. The fourth-order valence-corrected chi connectivity index (χ4v) is 4.00. The van der Waals surface area contributed by atoms with Crippen LogP contribution in [0.25, 0.3) is 10.1 Å². The summed E-state index contributed by atoms with van der Waals surface area (Å²) in [5, 5.41) is 11.6. The van der Waals surface area contributed by atoms with Crippen LogP contribution in [0.2, 0.25) is 10.0 Å². The number of fused-ring (bicyclic) bond motifs is 1. The Hall–Kier alpha value is -0.810. The van der Waals surface area contributed by atoms with Crippen LogP contribution >= 0.6 is 34.5 Å². The van der Waals surface area contributed by atoms with E-state index >= 15 is 0 Å². The van der Waals surface area contributed by atoms with E-state index in [0.717, 1.165) is 10.1 Å². The molecule has 0 aliphatic carbocycles. The highest BCUT2D eigenvalue weighted by atomic mass is 35.5. The number of carbonyl (C=O) groups excluding carboxylic acids is 1. The van der Waals surface area contributed by atoms with E-state index in [1.165, 1.54) is 11.3 Å². The van der Waals surface area contributed by atoms with Crippen LogP contribution in [0.4, 0.5) is 0 Å². The van der Waals surface area contributed by atoms with E-state index in [-0.39, 0.29) is 5.91 Å². The van der Waals surface area contributed by atoms with E-state index in [4.69, 9.17) is 23.2 Å². The zero-order valence-corrected chi connectivity index (χ0v) is 12.4. The molecule has 0 bridgehead atoms. The molecule has 0 atom stereocenters. The predicted octanol–water partition coefficient (Wildman–Crippen LogP) is 3.41. The Balaban J connectivity index is 1.97. The van der Waals surface area contributed by atoms with Crippen LogP contribution in [0, 0.1) is 0 Å². The molecule has 3 nitrogen and oxygen atoms in total. The SMILES string of the molecule is CC1(O)CN(C(=O)c2sc3cc(Cl)ccc3c2Cl)C1. The summed E-state index contributed by atoms with van der Waals surface area (Å²) in [4.78, 5) is 14.4. The summed E-state index contributed by atoms with van der Waals surface area (Å²) >= 11 is 13.5. The lowest BCUT2D eigenvalue weighted by atomic mass is 9.97. The van der Waals surface area contributed by atoms with Gasteiger partial charge in [-0.2, -0.15) is 0 Å². The number of thiophene rings is 1. The minimum Gasteiger partial charge on any atom is -0.386 e. The van der Waals surface area contributed by atoms with Gasteiger partial charge in [-0.05, 0) is 19.1 Å². The molecule has 1 aromatic carbocycles. The maximum Gasteiger partial charge on any atom is 0.265 e. The molecule has 19 heavy (non-hydrogen) atoms. The van der Waals surface area contributed by atoms with E-state index < -0.39 is 5.60 Å². The molecule has 2 heterocycles. The third-order valence-electron chi connectivity index (χ3n) is 3.14. The number of carbonyl (C=O) groups is 1. The number of β-amino-alcohol motifs (C(OH)–C–C–N with tert-alkyl or cyclic N) is 1. The summed E-state index contributed by atoms with van der Waals surface area (Å²) < 4.78 is 0.896. The first-order chi connectivity index (χ1) is 8.87. The van der Waals surface area contributed by atoms with E-state index in [1.807, 2.05) is 6.07 Å². The van der Waals surface area contributed by atoms with Crippen molar-refractivity contribution in [1.82, 2.24) is 4.90 Å². The van der Waals surface area contributed by atoms with Crippen molar-refractivity contribution < 1.29 is 9.90 Å². The molecule has 1 N–H and O–H groups in total. The molecule has 1 fully saturated rings. The maximum absolute atomic E-state index is 12.3. The maximum atomic E-state index is 12.3. The number of rotatable bonds is 1. The Labute approximate surface area is 124 Å². The topological polar surface area (TPSA) is 40.5 Å². The zero-order chi connectivity index (χ0) is 13.8. The molecule has 0 saturated carbocycles. The predicted molar refractivity (Wildman–Crippen MR) is 78.4 cm³/mol. The average molecular weight is 316 g/mol. The summed E-state index contributed by atoms with van der Waals surface area (Å²) in [6, 6.07) is 5.38. The lowest BCUT2D eigenvalue weighted by Crippen LogP contribution is -2.61. The normalized spacial score (nSPS) is 17.6. The van der Waals surface area contributed by atoms with Crippen LogP contribution in [0.5, 0.6) is 0 Å². The molecule has 1 amide bonds. The van der Waals surface area contributed by atoms with Gasteiger partial charge in [-0.15, -0.1) is 11.3 Å². The standard InChI is InChI=1S/C13H11Cl2NO2S/c1-13(18)5-16(6-13)12(17)11-10(15)8-3-2-7(14)4-9(8)19-11/h2-4,18H,5-6H2,1H3. The van der Waals surface area contributed by atoms with Crippen LogP contribution in [0.1, 0.15) is 16.6 Å². The van der Waals surface area contributed by atoms with Gasteiger partial charge >= 0.3 is 0 Å². The molecule has 6 heteroatoms. The highest BCUT2D eigenvalue weighted by Crippen LogP contribution is 2.38. The largest absolute Gasteiger partial charge is 0.386 e. The Morgan fingerprint density at radius 3 is 2.74 bits per heavy atom. The third-order valence-corrected chi connectivity index (χ3v) is 5.02. The molecule has 0 unspecified atom stereocenters. The van der Waals surface area contributed by atoms with Gasteiger partial charge in [0, 0.05) is 15.1 Å². The fourth-order valence-electron chi connectivity index (χ4n) is 2.24. The Morgan fingerprint density at radius 2 is 2.11 bits per heavy atom. The van der Waals surface area contributed by atoms with Crippen molar-refractivity contribution in [3.63, 3.8) is 0 Å². The van der Waals surface area contributed by atoms with Crippen LogP contribution in [0.3, 0.4) is 0 Å². The van der Waals surface area contributed by atoms with Crippen LogP contribution < -0.4 is 0 Å². The molecule has 100 valence electrons. The summed E-state index contributed by atoms with van der Waals surface area (Å²) in [6.07, 6.45) is 0. The summed E-state index contributed by atoms with van der Waals surface area (Å²) in [7, 11) is 0. The van der Waals surface area contributed by atoms with Crippen molar-refractivity contribution >= 4 is 50.5 Å². The van der Waals surface area contributed by atoms with Crippen molar-refractivity contribution in [3.05, 3.63) is 33.1 Å². The Kier molecular flexibility index (Phi) is 3.02. The monoisotopic (exact) mass is 315 g/mol. The van der Waals surface area contributed by atoms with Gasteiger partial charge in [-0.1, -0.05) is 29.3 Å². The van der Waals surface area contributed by atoms with Gasteiger partial charge < -0.3 is 10.0 Å². The summed E-state index contributed by atoms with van der Waals surface area (Å²) in [6.45, 7) is 2.40. The number of nitrogens with zero attached hydrogens (tertiary/aromatic N) is 1. The van der Waals surface area contributed by atoms with Crippen molar-refractivity contribution in [3.8, 4) is 0 Å². The Morgan fingerprint density at radius 1 is 1.42 bits per heavy atom. The number of hydrogen-bond donors (Lipinski definition) is 1.